The van der Waals surface area contributed by atoms with Gasteiger partial charge in [0.05, 0.1) is 0 Å². The maximum atomic E-state index is 3.59. The fraction of sp³-hybridized carbons (Fsp3) is 0.647. The summed E-state index contributed by atoms with van der Waals surface area (Å²) < 4.78 is 0. The summed E-state index contributed by atoms with van der Waals surface area (Å²) in [5.74, 6) is 0. The summed E-state index contributed by atoms with van der Waals surface area (Å²) in [6, 6.07) is 7.12. The minimum Gasteiger partial charge on any atom is -0.320 e. The highest BCUT2D eigenvalue weighted by Gasteiger charge is 2.22. The Morgan fingerprint density at radius 1 is 1.11 bits per heavy atom. The Morgan fingerprint density at radius 3 is 2.68 bits per heavy atom. The van der Waals surface area contributed by atoms with Crippen molar-refractivity contribution in [2.75, 3.05) is 26.7 Å². The van der Waals surface area contributed by atoms with E-state index in [2.05, 4.69) is 42.7 Å². The van der Waals surface area contributed by atoms with Gasteiger partial charge in [-0.2, -0.15) is 0 Å². The molecule has 0 saturated heterocycles. The first-order valence-electron chi connectivity index (χ1n) is 7.61. The van der Waals surface area contributed by atoms with Gasteiger partial charge in [-0.3, -0.25) is 0 Å². The number of hydrogen-bond donors (Lipinski definition) is 2. The molecule has 0 radical (unpaired) electrons. The fourth-order valence-corrected chi connectivity index (χ4v) is 2.89. The largest absolute Gasteiger partial charge is 0.320 e. The lowest BCUT2D eigenvalue weighted by atomic mass is 9.83. The van der Waals surface area contributed by atoms with Crippen molar-refractivity contribution in [1.29, 1.82) is 0 Å². The standard InChI is InChI=1S/C17H28N2/c1-17(2,13-19-11-5-10-18-3)16-9-8-14-6-4-7-15(14)12-16/h8-9,12,18-19H,4-7,10-11,13H2,1-3H3. The van der Waals surface area contributed by atoms with Crippen molar-refractivity contribution in [3.63, 3.8) is 0 Å². The van der Waals surface area contributed by atoms with E-state index in [1.165, 1.54) is 31.2 Å². The van der Waals surface area contributed by atoms with Crippen LogP contribution in [0.25, 0.3) is 0 Å². The van der Waals surface area contributed by atoms with Crippen molar-refractivity contribution >= 4 is 0 Å². The van der Waals surface area contributed by atoms with E-state index in [0.29, 0.717) is 0 Å². The van der Waals surface area contributed by atoms with Crippen LogP contribution in [0.2, 0.25) is 0 Å². The predicted molar refractivity (Wildman–Crippen MR) is 82.9 cm³/mol. The molecule has 2 rings (SSSR count). The van der Waals surface area contributed by atoms with E-state index in [0.717, 1.165) is 19.6 Å². The Labute approximate surface area is 118 Å². The predicted octanol–water partition coefficient (Wildman–Crippen LogP) is 2.65. The molecule has 2 heteroatoms. The van der Waals surface area contributed by atoms with Gasteiger partial charge in [-0.15, -0.1) is 0 Å². The van der Waals surface area contributed by atoms with Gasteiger partial charge < -0.3 is 10.6 Å². The summed E-state index contributed by atoms with van der Waals surface area (Å²) in [6.07, 6.45) is 5.07. The monoisotopic (exact) mass is 260 g/mol. The van der Waals surface area contributed by atoms with Gasteiger partial charge >= 0.3 is 0 Å². The molecule has 106 valence electrons. The van der Waals surface area contributed by atoms with Crippen LogP contribution in [0.4, 0.5) is 0 Å². The Kier molecular flexibility index (Phi) is 5.00. The molecule has 0 aromatic heterocycles. The van der Waals surface area contributed by atoms with E-state index < -0.39 is 0 Å². The van der Waals surface area contributed by atoms with Crippen molar-refractivity contribution < 1.29 is 0 Å². The van der Waals surface area contributed by atoms with Crippen molar-refractivity contribution in [2.45, 2.75) is 44.9 Å². The van der Waals surface area contributed by atoms with Gasteiger partial charge in [-0.25, -0.2) is 0 Å². The molecule has 0 spiro atoms. The summed E-state index contributed by atoms with van der Waals surface area (Å²) in [4.78, 5) is 0. The third kappa shape index (κ3) is 3.80. The van der Waals surface area contributed by atoms with Crippen LogP contribution in [0.15, 0.2) is 18.2 Å². The number of aryl methyl sites for hydroxylation is 2. The third-order valence-corrected chi connectivity index (χ3v) is 4.23. The van der Waals surface area contributed by atoms with E-state index in [1.807, 2.05) is 7.05 Å². The Balaban J connectivity index is 1.91. The third-order valence-electron chi connectivity index (χ3n) is 4.23. The Morgan fingerprint density at radius 2 is 1.89 bits per heavy atom. The summed E-state index contributed by atoms with van der Waals surface area (Å²) in [6.45, 7) is 7.92. The molecule has 1 aliphatic rings. The second-order valence-electron chi connectivity index (χ2n) is 6.35. The van der Waals surface area contributed by atoms with Crippen LogP contribution < -0.4 is 10.6 Å². The number of rotatable bonds is 7. The van der Waals surface area contributed by atoms with Gasteiger partial charge in [0.2, 0.25) is 0 Å². The smallest absolute Gasteiger partial charge is 0.00431 e. The first-order valence-corrected chi connectivity index (χ1v) is 7.61. The summed E-state index contributed by atoms with van der Waals surface area (Å²) in [5.41, 5.74) is 4.86. The van der Waals surface area contributed by atoms with E-state index in [1.54, 1.807) is 11.1 Å². The van der Waals surface area contributed by atoms with Crippen LogP contribution in [0, 0.1) is 0 Å². The van der Waals surface area contributed by atoms with E-state index in [-0.39, 0.29) is 5.41 Å². The molecule has 0 saturated carbocycles. The average Bonchev–Trinajstić information content (AvgIpc) is 2.85. The van der Waals surface area contributed by atoms with Crippen molar-refractivity contribution in [1.82, 2.24) is 10.6 Å². The summed E-state index contributed by atoms with van der Waals surface area (Å²) in [5, 5.41) is 6.77. The molecule has 0 amide bonds. The first-order chi connectivity index (χ1) is 9.13. The quantitative estimate of drug-likeness (QED) is 0.737. The number of benzene rings is 1. The lowest BCUT2D eigenvalue weighted by Crippen LogP contribution is -2.34. The Bertz CT molecular complexity index is 410. The molecule has 2 nitrogen and oxygen atoms in total. The van der Waals surface area contributed by atoms with Crippen molar-refractivity contribution in [3.8, 4) is 0 Å². The molecular formula is C17H28N2. The molecule has 0 bridgehead atoms. The average molecular weight is 260 g/mol. The van der Waals surface area contributed by atoms with Gasteiger partial charge in [0, 0.05) is 12.0 Å². The zero-order valence-corrected chi connectivity index (χ0v) is 12.7. The van der Waals surface area contributed by atoms with Gasteiger partial charge in [0.1, 0.15) is 0 Å². The minimum atomic E-state index is 0.220. The summed E-state index contributed by atoms with van der Waals surface area (Å²) >= 11 is 0. The minimum absolute atomic E-state index is 0.220. The van der Waals surface area contributed by atoms with Gasteiger partial charge in [0.25, 0.3) is 0 Å². The Hall–Kier alpha value is -0.860. The second-order valence-corrected chi connectivity index (χ2v) is 6.35. The lowest BCUT2D eigenvalue weighted by molar-refractivity contribution is 0.464. The molecule has 19 heavy (non-hydrogen) atoms. The van der Waals surface area contributed by atoms with Crippen LogP contribution >= 0.6 is 0 Å². The first kappa shape index (κ1) is 14.5. The van der Waals surface area contributed by atoms with Crippen LogP contribution in [0.5, 0.6) is 0 Å². The lowest BCUT2D eigenvalue weighted by Gasteiger charge is -2.26. The van der Waals surface area contributed by atoms with E-state index in [9.17, 15) is 0 Å². The summed E-state index contributed by atoms with van der Waals surface area (Å²) in [7, 11) is 2.01. The number of hydrogen-bond acceptors (Lipinski definition) is 2. The van der Waals surface area contributed by atoms with Gasteiger partial charge in [-0.1, -0.05) is 32.0 Å². The second kappa shape index (κ2) is 6.53. The SMILES string of the molecule is CNCCCNCC(C)(C)c1ccc2c(c1)CCC2. The molecule has 0 heterocycles. The van der Waals surface area contributed by atoms with Crippen molar-refractivity contribution in [2.24, 2.45) is 0 Å². The van der Waals surface area contributed by atoms with Crippen LogP contribution in [0.1, 0.15) is 43.4 Å². The van der Waals surface area contributed by atoms with Crippen LogP contribution in [-0.2, 0) is 18.3 Å². The van der Waals surface area contributed by atoms with Crippen LogP contribution in [0.3, 0.4) is 0 Å². The highest BCUT2D eigenvalue weighted by molar-refractivity contribution is 5.38. The highest BCUT2D eigenvalue weighted by Crippen LogP contribution is 2.29. The maximum Gasteiger partial charge on any atom is 0.00431 e. The normalized spacial score (nSPS) is 14.7. The van der Waals surface area contributed by atoms with Crippen molar-refractivity contribution in [3.05, 3.63) is 34.9 Å². The molecule has 1 aromatic rings. The number of nitrogens with one attached hydrogen (secondary N) is 2. The molecule has 1 aliphatic carbocycles. The molecule has 0 aliphatic heterocycles. The molecule has 0 unspecified atom stereocenters. The molecule has 0 fully saturated rings. The highest BCUT2D eigenvalue weighted by atomic mass is 14.9. The molecule has 2 N–H and O–H groups in total. The zero-order chi connectivity index (χ0) is 13.7. The van der Waals surface area contributed by atoms with Gasteiger partial charge in [-0.05, 0) is 62.5 Å². The van der Waals surface area contributed by atoms with E-state index in [4.69, 9.17) is 0 Å². The van der Waals surface area contributed by atoms with E-state index >= 15 is 0 Å². The number of fused-ring (bicyclic) bond motifs is 1. The fourth-order valence-electron chi connectivity index (χ4n) is 2.89. The molecular weight excluding hydrogens is 232 g/mol. The molecule has 1 aromatic carbocycles. The molecule has 0 atom stereocenters. The van der Waals surface area contributed by atoms with Gasteiger partial charge in [0.15, 0.2) is 0 Å². The zero-order valence-electron chi connectivity index (χ0n) is 12.7. The van der Waals surface area contributed by atoms with Crippen LogP contribution in [-0.4, -0.2) is 26.7 Å². The maximum absolute atomic E-state index is 3.59. The topological polar surface area (TPSA) is 24.1 Å².